The van der Waals surface area contributed by atoms with Crippen LogP contribution in [0.25, 0.3) is 39.4 Å². The molecule has 0 fully saturated rings. The fourth-order valence-electron chi connectivity index (χ4n) is 3.14. The van der Waals surface area contributed by atoms with Crippen molar-refractivity contribution in [2.24, 2.45) is 0 Å². The molecule has 0 unspecified atom stereocenters. The van der Waals surface area contributed by atoms with Crippen LogP contribution in [-0.2, 0) is 0 Å². The van der Waals surface area contributed by atoms with Gasteiger partial charge in [0.1, 0.15) is 5.82 Å². The van der Waals surface area contributed by atoms with E-state index in [0.29, 0.717) is 5.65 Å². The average Bonchev–Trinajstić information content (AvgIpc) is 3.04. The third-order valence-electron chi connectivity index (χ3n) is 4.32. The summed E-state index contributed by atoms with van der Waals surface area (Å²) >= 11 is 5.88. The minimum Gasteiger partial charge on any atom is -0.275 e. The van der Waals surface area contributed by atoms with Crippen molar-refractivity contribution in [2.75, 3.05) is 0 Å². The van der Waals surface area contributed by atoms with Gasteiger partial charge in [-0.1, -0.05) is 46.3 Å². The van der Waals surface area contributed by atoms with Crippen LogP contribution in [0.1, 0.15) is 0 Å². The first kappa shape index (κ1) is 16.8. The van der Waals surface area contributed by atoms with Gasteiger partial charge in [0, 0.05) is 13.6 Å². The van der Waals surface area contributed by atoms with Crippen molar-refractivity contribution in [1.82, 2.24) is 19.5 Å². The lowest BCUT2D eigenvalue weighted by Gasteiger charge is -2.09. The monoisotopic (exact) mass is 526 g/mol. The molecule has 0 saturated carbocycles. The summed E-state index contributed by atoms with van der Waals surface area (Å²) in [5.41, 5.74) is 5.12. The highest BCUT2D eigenvalue weighted by Crippen LogP contribution is 2.30. The van der Waals surface area contributed by atoms with E-state index in [1.54, 1.807) is 0 Å². The highest BCUT2D eigenvalue weighted by Gasteiger charge is 2.17. The number of benzene rings is 3. The van der Waals surface area contributed by atoms with Gasteiger partial charge in [-0.3, -0.25) is 4.57 Å². The van der Waals surface area contributed by atoms with E-state index in [1.165, 1.54) is 0 Å². The number of nitrogens with zero attached hydrogens (tertiary/aromatic N) is 4. The molecule has 0 atom stereocenters. The first-order valence-corrected chi connectivity index (χ1v) is 10.2. The molecule has 0 spiro atoms. The Labute approximate surface area is 177 Å². The largest absolute Gasteiger partial charge is 0.275 e. The van der Waals surface area contributed by atoms with E-state index in [0.717, 1.165) is 41.8 Å². The number of rotatable bonds is 2. The molecule has 0 aliphatic rings. The fraction of sp³-hybridized carbons (Fsp3) is 0. The van der Waals surface area contributed by atoms with E-state index < -0.39 is 0 Å². The van der Waals surface area contributed by atoms with Crippen LogP contribution >= 0.6 is 38.5 Å². The van der Waals surface area contributed by atoms with Crippen LogP contribution in [0.4, 0.5) is 0 Å². The summed E-state index contributed by atoms with van der Waals surface area (Å²) in [5, 5.41) is 0. The number of hydrogen-bond acceptors (Lipinski definition) is 3. The second kappa shape index (κ2) is 6.69. The average molecular weight is 527 g/mol. The minimum atomic E-state index is 0.641. The molecule has 2 heterocycles. The molecule has 4 nitrogen and oxygen atoms in total. The van der Waals surface area contributed by atoms with Crippen molar-refractivity contribution in [1.29, 1.82) is 0 Å². The van der Waals surface area contributed by atoms with Gasteiger partial charge >= 0.3 is 0 Å². The third kappa shape index (κ3) is 3.02. The fourth-order valence-corrected chi connectivity index (χ4v) is 4.06. The van der Waals surface area contributed by atoms with Gasteiger partial charge in [0.15, 0.2) is 11.3 Å². The molecule has 0 aliphatic heterocycles. The van der Waals surface area contributed by atoms with Crippen LogP contribution in [0.3, 0.4) is 0 Å². The van der Waals surface area contributed by atoms with Crippen molar-refractivity contribution in [3.8, 4) is 17.1 Å². The molecule has 27 heavy (non-hydrogen) atoms. The molecular formula is C21H12BrIN4. The van der Waals surface area contributed by atoms with Crippen LogP contribution in [0.2, 0.25) is 0 Å². The molecule has 2 aromatic heterocycles. The lowest BCUT2D eigenvalue weighted by atomic mass is 10.2. The van der Waals surface area contributed by atoms with Crippen molar-refractivity contribution in [3.05, 3.63) is 80.8 Å². The van der Waals surface area contributed by atoms with Gasteiger partial charge in [0.25, 0.3) is 0 Å². The lowest BCUT2D eigenvalue weighted by molar-refractivity contribution is 1.08. The number of imidazole rings is 1. The zero-order valence-electron chi connectivity index (χ0n) is 14.0. The highest BCUT2D eigenvalue weighted by molar-refractivity contribution is 14.1. The summed E-state index contributed by atoms with van der Waals surface area (Å²) in [6.45, 7) is 0. The van der Waals surface area contributed by atoms with E-state index in [-0.39, 0.29) is 0 Å². The van der Waals surface area contributed by atoms with Gasteiger partial charge in [-0.25, -0.2) is 15.0 Å². The first-order valence-electron chi connectivity index (χ1n) is 8.36. The van der Waals surface area contributed by atoms with Gasteiger partial charge in [0.2, 0.25) is 0 Å². The molecule has 0 aliphatic carbocycles. The van der Waals surface area contributed by atoms with Gasteiger partial charge in [0.05, 0.1) is 16.7 Å². The van der Waals surface area contributed by atoms with Crippen LogP contribution < -0.4 is 0 Å². The second-order valence-electron chi connectivity index (χ2n) is 6.12. The number of aromatic nitrogens is 4. The van der Waals surface area contributed by atoms with Crippen molar-refractivity contribution in [2.45, 2.75) is 0 Å². The van der Waals surface area contributed by atoms with Crippen LogP contribution in [0.5, 0.6) is 0 Å². The Bertz CT molecular complexity index is 1310. The summed E-state index contributed by atoms with van der Waals surface area (Å²) < 4.78 is 4.24. The van der Waals surface area contributed by atoms with E-state index in [2.05, 4.69) is 73.4 Å². The SMILES string of the molecule is Brc1cccc(-c2nc3nc4ccccc4nc3n2-c2cccc(I)c2)c1. The van der Waals surface area contributed by atoms with Gasteiger partial charge in [-0.05, 0) is 65.1 Å². The van der Waals surface area contributed by atoms with Gasteiger partial charge < -0.3 is 0 Å². The zero-order valence-corrected chi connectivity index (χ0v) is 17.7. The summed E-state index contributed by atoms with van der Waals surface area (Å²) in [6.07, 6.45) is 0. The maximum absolute atomic E-state index is 4.88. The minimum absolute atomic E-state index is 0.641. The molecular weight excluding hydrogens is 515 g/mol. The van der Waals surface area contributed by atoms with E-state index >= 15 is 0 Å². The summed E-state index contributed by atoms with van der Waals surface area (Å²) in [5.74, 6) is 0.823. The second-order valence-corrected chi connectivity index (χ2v) is 8.28. The standard InChI is InChI=1S/C21H12BrIN4/c22-14-6-3-5-13(11-14)20-26-19-21(25-18-10-2-1-9-17(18)24-19)27(20)16-8-4-7-15(23)12-16/h1-12H. The van der Waals surface area contributed by atoms with Crippen molar-refractivity contribution >= 4 is 60.8 Å². The van der Waals surface area contributed by atoms with Gasteiger partial charge in [-0.2, -0.15) is 0 Å². The van der Waals surface area contributed by atoms with E-state index in [1.807, 2.05) is 42.5 Å². The Morgan fingerprint density at radius 1 is 0.778 bits per heavy atom. The van der Waals surface area contributed by atoms with E-state index in [4.69, 9.17) is 15.0 Å². The summed E-state index contributed by atoms with van der Waals surface area (Å²) in [4.78, 5) is 14.5. The first-order chi connectivity index (χ1) is 13.2. The predicted molar refractivity (Wildman–Crippen MR) is 120 cm³/mol. The molecule has 0 bridgehead atoms. The summed E-state index contributed by atoms with van der Waals surface area (Å²) in [7, 11) is 0. The Balaban J connectivity index is 1.90. The van der Waals surface area contributed by atoms with Crippen LogP contribution in [0, 0.1) is 3.57 Å². The molecule has 0 N–H and O–H groups in total. The maximum atomic E-state index is 4.88. The quantitative estimate of drug-likeness (QED) is 0.265. The summed E-state index contributed by atoms with van der Waals surface area (Å²) in [6, 6.07) is 24.3. The maximum Gasteiger partial charge on any atom is 0.199 e. The number of fused-ring (bicyclic) bond motifs is 2. The lowest BCUT2D eigenvalue weighted by Crippen LogP contribution is -1.99. The van der Waals surface area contributed by atoms with Crippen molar-refractivity contribution in [3.63, 3.8) is 0 Å². The number of halogens is 2. The smallest absolute Gasteiger partial charge is 0.199 e. The van der Waals surface area contributed by atoms with E-state index in [9.17, 15) is 0 Å². The zero-order chi connectivity index (χ0) is 18.4. The molecule has 6 heteroatoms. The Morgan fingerprint density at radius 3 is 2.33 bits per heavy atom. The van der Waals surface area contributed by atoms with Gasteiger partial charge in [-0.15, -0.1) is 0 Å². The van der Waals surface area contributed by atoms with Crippen LogP contribution in [0.15, 0.2) is 77.3 Å². The Hall–Kier alpha value is -2.32. The van der Waals surface area contributed by atoms with Crippen LogP contribution in [-0.4, -0.2) is 19.5 Å². The molecule has 0 saturated heterocycles. The highest BCUT2D eigenvalue weighted by atomic mass is 127. The number of para-hydroxylation sites is 2. The Kier molecular flexibility index (Phi) is 4.17. The molecule has 0 amide bonds. The molecule has 5 aromatic rings. The molecule has 5 rings (SSSR count). The normalized spacial score (nSPS) is 11.3. The molecule has 3 aromatic carbocycles. The van der Waals surface area contributed by atoms with Crippen molar-refractivity contribution < 1.29 is 0 Å². The number of hydrogen-bond donors (Lipinski definition) is 0. The molecule has 130 valence electrons. The Morgan fingerprint density at radius 2 is 1.56 bits per heavy atom. The third-order valence-corrected chi connectivity index (χ3v) is 5.48. The topological polar surface area (TPSA) is 43.6 Å². The molecule has 0 radical (unpaired) electrons. The predicted octanol–water partition coefficient (Wildman–Crippen LogP) is 6.00.